The van der Waals surface area contributed by atoms with E-state index in [1.54, 1.807) is 6.07 Å². The lowest BCUT2D eigenvalue weighted by Gasteiger charge is -2.26. The van der Waals surface area contributed by atoms with Gasteiger partial charge in [-0.05, 0) is 37.4 Å². The molecular formula is C20H19N3O2S2. The van der Waals surface area contributed by atoms with Crippen LogP contribution >= 0.6 is 22.7 Å². The van der Waals surface area contributed by atoms with Crippen LogP contribution in [0.5, 0.6) is 0 Å². The summed E-state index contributed by atoms with van der Waals surface area (Å²) in [6.45, 7) is 5.18. The molecule has 0 spiro atoms. The Kier molecular flexibility index (Phi) is 4.80. The molecule has 2 amide bonds. The van der Waals surface area contributed by atoms with Crippen molar-refractivity contribution in [3.63, 3.8) is 0 Å². The lowest BCUT2D eigenvalue weighted by atomic mass is 10.1. The number of fused-ring (bicyclic) bond motifs is 1. The number of carbonyl (C=O) groups is 2. The van der Waals surface area contributed by atoms with Crippen molar-refractivity contribution in [2.24, 2.45) is 0 Å². The van der Waals surface area contributed by atoms with Crippen LogP contribution in [0.15, 0.2) is 35.0 Å². The summed E-state index contributed by atoms with van der Waals surface area (Å²) < 4.78 is 0. The Balaban J connectivity index is 1.49. The highest BCUT2D eigenvalue weighted by atomic mass is 32.1. The molecule has 1 aliphatic rings. The van der Waals surface area contributed by atoms with Crippen molar-refractivity contribution in [1.82, 2.24) is 9.88 Å². The van der Waals surface area contributed by atoms with E-state index in [0.29, 0.717) is 30.2 Å². The highest BCUT2D eigenvalue weighted by Gasteiger charge is 2.25. The zero-order chi connectivity index (χ0) is 19.0. The summed E-state index contributed by atoms with van der Waals surface area (Å²) in [5, 5.41) is 7.14. The molecule has 4 rings (SSSR count). The number of nitrogens with one attached hydrogen (secondary N) is 1. The molecule has 0 saturated heterocycles. The Morgan fingerprint density at radius 1 is 1.15 bits per heavy atom. The van der Waals surface area contributed by atoms with Crippen LogP contribution in [0.3, 0.4) is 0 Å². The van der Waals surface area contributed by atoms with E-state index in [2.05, 4.69) is 16.4 Å². The van der Waals surface area contributed by atoms with Crippen LogP contribution in [0.1, 0.15) is 42.4 Å². The van der Waals surface area contributed by atoms with Crippen LogP contribution in [0, 0.1) is 13.8 Å². The number of thiazole rings is 1. The van der Waals surface area contributed by atoms with E-state index in [4.69, 9.17) is 0 Å². The molecule has 5 nitrogen and oxygen atoms in total. The largest absolute Gasteiger partial charge is 0.333 e. The molecule has 0 atom stereocenters. The van der Waals surface area contributed by atoms with Crippen molar-refractivity contribution >= 4 is 39.6 Å². The monoisotopic (exact) mass is 397 g/mol. The predicted octanol–water partition coefficient (Wildman–Crippen LogP) is 4.27. The van der Waals surface area contributed by atoms with Gasteiger partial charge in [0.1, 0.15) is 0 Å². The van der Waals surface area contributed by atoms with Gasteiger partial charge in [-0.15, -0.1) is 0 Å². The number of nitrogens with zero attached hydrogens (tertiary/aromatic N) is 2. The minimum atomic E-state index is -0.148. The van der Waals surface area contributed by atoms with Gasteiger partial charge in [0.15, 0.2) is 5.13 Å². The van der Waals surface area contributed by atoms with E-state index in [-0.39, 0.29) is 11.8 Å². The van der Waals surface area contributed by atoms with Crippen molar-refractivity contribution in [1.29, 1.82) is 0 Å². The van der Waals surface area contributed by atoms with Crippen molar-refractivity contribution in [3.05, 3.63) is 67.9 Å². The molecule has 0 bridgehead atoms. The number of carbonyl (C=O) groups excluding carboxylic acids is 2. The Morgan fingerprint density at radius 2 is 1.93 bits per heavy atom. The van der Waals surface area contributed by atoms with Gasteiger partial charge in [-0.3, -0.25) is 14.9 Å². The van der Waals surface area contributed by atoms with Gasteiger partial charge in [-0.2, -0.15) is 11.3 Å². The van der Waals surface area contributed by atoms with Gasteiger partial charge in [0.2, 0.25) is 0 Å². The summed E-state index contributed by atoms with van der Waals surface area (Å²) in [7, 11) is 0. The summed E-state index contributed by atoms with van der Waals surface area (Å²) in [6.07, 6.45) is 0.705. The third kappa shape index (κ3) is 3.79. The number of aromatic nitrogens is 1. The average Bonchev–Trinajstić information content (AvgIpc) is 3.28. The van der Waals surface area contributed by atoms with Crippen LogP contribution in [0.25, 0.3) is 0 Å². The molecule has 138 valence electrons. The number of aryl methyl sites for hydroxylation is 2. The van der Waals surface area contributed by atoms with Gasteiger partial charge >= 0.3 is 0 Å². The second kappa shape index (κ2) is 7.25. The van der Waals surface area contributed by atoms with Crippen molar-refractivity contribution in [3.8, 4) is 0 Å². The Bertz CT molecular complexity index is 988. The van der Waals surface area contributed by atoms with Crippen LogP contribution in [-0.4, -0.2) is 28.2 Å². The summed E-state index contributed by atoms with van der Waals surface area (Å²) in [6, 6.07) is 7.72. The average molecular weight is 398 g/mol. The quantitative estimate of drug-likeness (QED) is 0.718. The molecule has 1 N–H and O–H groups in total. The first-order valence-electron chi connectivity index (χ1n) is 8.69. The predicted molar refractivity (Wildman–Crippen MR) is 109 cm³/mol. The Hall–Kier alpha value is -2.51. The smallest absolute Gasteiger partial charge is 0.258 e. The first kappa shape index (κ1) is 17.9. The minimum absolute atomic E-state index is 0.0460. The second-order valence-electron chi connectivity index (χ2n) is 6.71. The van der Waals surface area contributed by atoms with E-state index in [9.17, 15) is 9.59 Å². The fourth-order valence-corrected chi connectivity index (χ4v) is 4.92. The molecule has 0 fully saturated rings. The van der Waals surface area contributed by atoms with E-state index in [1.165, 1.54) is 22.7 Å². The van der Waals surface area contributed by atoms with Gasteiger partial charge in [0.25, 0.3) is 11.8 Å². The molecule has 0 radical (unpaired) electrons. The lowest BCUT2D eigenvalue weighted by molar-refractivity contribution is 0.0736. The number of amides is 2. The normalized spacial score (nSPS) is 13.3. The Morgan fingerprint density at radius 3 is 2.63 bits per heavy atom. The van der Waals surface area contributed by atoms with Crippen LogP contribution in [0.4, 0.5) is 5.13 Å². The SMILES string of the molecule is Cc1cc(C)cc(C(=O)N2CCc3nc(NC(=O)c4ccsc4)sc3C2)c1. The van der Waals surface area contributed by atoms with Crippen molar-refractivity contribution in [2.75, 3.05) is 11.9 Å². The van der Waals surface area contributed by atoms with Crippen LogP contribution in [-0.2, 0) is 13.0 Å². The number of rotatable bonds is 3. The molecule has 3 heterocycles. The van der Waals surface area contributed by atoms with Gasteiger partial charge in [0, 0.05) is 28.8 Å². The third-order valence-corrected chi connectivity index (χ3v) is 6.17. The van der Waals surface area contributed by atoms with Crippen LogP contribution < -0.4 is 5.32 Å². The topological polar surface area (TPSA) is 62.3 Å². The minimum Gasteiger partial charge on any atom is -0.333 e. The standard InChI is InChI=1S/C20H19N3O2S2/c1-12-7-13(2)9-15(8-12)19(25)23-5-3-16-17(10-23)27-20(21-16)22-18(24)14-4-6-26-11-14/h4,6-9,11H,3,5,10H2,1-2H3,(H,21,22,24). The molecule has 1 aliphatic heterocycles. The number of thiophene rings is 1. The highest BCUT2D eigenvalue weighted by Crippen LogP contribution is 2.29. The molecule has 1 aromatic carbocycles. The fraction of sp³-hybridized carbons (Fsp3) is 0.250. The molecule has 27 heavy (non-hydrogen) atoms. The molecule has 0 unspecified atom stereocenters. The van der Waals surface area contributed by atoms with E-state index in [1.807, 2.05) is 41.6 Å². The highest BCUT2D eigenvalue weighted by molar-refractivity contribution is 7.16. The van der Waals surface area contributed by atoms with Gasteiger partial charge in [-0.25, -0.2) is 4.98 Å². The van der Waals surface area contributed by atoms with Gasteiger partial charge in [-0.1, -0.05) is 28.5 Å². The second-order valence-corrected chi connectivity index (χ2v) is 8.57. The number of anilines is 1. The molecule has 3 aromatic rings. The summed E-state index contributed by atoms with van der Waals surface area (Å²) in [5.41, 5.74) is 4.52. The number of benzene rings is 1. The van der Waals surface area contributed by atoms with Crippen LogP contribution in [0.2, 0.25) is 0 Å². The first-order valence-corrected chi connectivity index (χ1v) is 10.5. The maximum absolute atomic E-state index is 12.9. The van der Waals surface area contributed by atoms with Crippen molar-refractivity contribution in [2.45, 2.75) is 26.8 Å². The van der Waals surface area contributed by atoms with E-state index >= 15 is 0 Å². The van der Waals surface area contributed by atoms with Crippen molar-refractivity contribution < 1.29 is 9.59 Å². The van der Waals surface area contributed by atoms with E-state index in [0.717, 1.165) is 27.3 Å². The van der Waals surface area contributed by atoms with Gasteiger partial charge in [0.05, 0.1) is 17.8 Å². The molecule has 7 heteroatoms. The molecule has 2 aromatic heterocycles. The summed E-state index contributed by atoms with van der Waals surface area (Å²) >= 11 is 2.94. The number of hydrogen-bond acceptors (Lipinski definition) is 5. The first-order chi connectivity index (χ1) is 13.0. The Labute approximate surface area is 165 Å². The zero-order valence-electron chi connectivity index (χ0n) is 15.1. The summed E-state index contributed by atoms with van der Waals surface area (Å²) in [5.74, 6) is -0.102. The number of hydrogen-bond donors (Lipinski definition) is 1. The fourth-order valence-electron chi connectivity index (χ4n) is 3.27. The van der Waals surface area contributed by atoms with Gasteiger partial charge < -0.3 is 4.90 Å². The molecular weight excluding hydrogens is 378 g/mol. The molecule has 0 saturated carbocycles. The molecule has 0 aliphatic carbocycles. The maximum Gasteiger partial charge on any atom is 0.258 e. The zero-order valence-corrected chi connectivity index (χ0v) is 16.7. The third-order valence-electron chi connectivity index (χ3n) is 4.49. The lowest BCUT2D eigenvalue weighted by Crippen LogP contribution is -2.35. The van der Waals surface area contributed by atoms with E-state index < -0.39 is 0 Å². The maximum atomic E-state index is 12.9. The summed E-state index contributed by atoms with van der Waals surface area (Å²) in [4.78, 5) is 32.6.